The summed E-state index contributed by atoms with van der Waals surface area (Å²) in [7, 11) is 0. The Hall–Kier alpha value is -1.12. The highest BCUT2D eigenvalue weighted by atomic mass is 16.1. The maximum Gasteiger partial charge on any atom is 0.139 e. The van der Waals surface area contributed by atoms with Crippen LogP contribution in [0.1, 0.15) is 33.6 Å². The van der Waals surface area contributed by atoms with Gasteiger partial charge in [-0.1, -0.05) is 12.5 Å². The second-order valence-electron chi connectivity index (χ2n) is 3.50. The second kappa shape index (κ2) is 7.30. The van der Waals surface area contributed by atoms with Gasteiger partial charge < -0.3 is 14.9 Å². The van der Waals surface area contributed by atoms with Crippen molar-refractivity contribution in [3.63, 3.8) is 0 Å². The van der Waals surface area contributed by atoms with Crippen molar-refractivity contribution in [3.05, 3.63) is 11.3 Å². The van der Waals surface area contributed by atoms with Crippen LogP contribution in [0.25, 0.3) is 0 Å². The molecule has 0 aromatic heterocycles. The van der Waals surface area contributed by atoms with Gasteiger partial charge in [-0.05, 0) is 26.2 Å². The van der Waals surface area contributed by atoms with E-state index in [1.54, 1.807) is 0 Å². The summed E-state index contributed by atoms with van der Waals surface area (Å²) in [5.41, 5.74) is 2.25. The molecule has 0 aromatic carbocycles. The number of nitrogens with one attached hydrogen (secondary N) is 1. The summed E-state index contributed by atoms with van der Waals surface area (Å²) in [5.74, 6) is 0.388. The molecule has 0 bridgehead atoms. The monoisotopic (exact) mass is 197 g/mol. The third kappa shape index (κ3) is 4.80. The molecule has 1 unspecified atom stereocenters. The first-order valence-electron chi connectivity index (χ1n) is 4.92. The molecule has 0 radical (unpaired) electrons. The molecule has 0 aliphatic rings. The number of aldehydes is 2. The predicted molar refractivity (Wildman–Crippen MR) is 56.9 cm³/mol. The van der Waals surface area contributed by atoms with E-state index in [0.717, 1.165) is 24.7 Å². The maximum absolute atomic E-state index is 10.2. The Balaban J connectivity index is 4.15. The molecule has 3 nitrogen and oxygen atoms in total. The Morgan fingerprint density at radius 2 is 1.93 bits per heavy atom. The summed E-state index contributed by atoms with van der Waals surface area (Å²) in [6.45, 7) is 6.42. The third-order valence-corrected chi connectivity index (χ3v) is 2.50. The zero-order chi connectivity index (χ0) is 11.0. The highest BCUT2D eigenvalue weighted by molar-refractivity contribution is 5.52. The molecule has 1 N–H and O–H groups in total. The molecule has 14 heavy (non-hydrogen) atoms. The number of allylic oxidation sites excluding steroid dienone is 2. The maximum atomic E-state index is 10.2. The van der Waals surface area contributed by atoms with Gasteiger partial charge in [0.25, 0.3) is 0 Å². The highest BCUT2D eigenvalue weighted by Crippen LogP contribution is 2.17. The summed E-state index contributed by atoms with van der Waals surface area (Å²) in [4.78, 5) is 20.3. The predicted octanol–water partition coefficient (Wildman–Crippen LogP) is 1.68. The van der Waals surface area contributed by atoms with Crippen molar-refractivity contribution in [1.29, 1.82) is 0 Å². The van der Waals surface area contributed by atoms with Crippen LogP contribution in [0.5, 0.6) is 0 Å². The van der Waals surface area contributed by atoms with Gasteiger partial charge in [0, 0.05) is 12.1 Å². The van der Waals surface area contributed by atoms with Gasteiger partial charge in [-0.25, -0.2) is 0 Å². The van der Waals surface area contributed by atoms with Crippen molar-refractivity contribution in [3.8, 4) is 0 Å². The van der Waals surface area contributed by atoms with Crippen LogP contribution in [0.2, 0.25) is 0 Å². The van der Waals surface area contributed by atoms with Crippen LogP contribution in [0.15, 0.2) is 11.3 Å². The molecule has 0 fully saturated rings. The number of hydrogen-bond donors (Lipinski definition) is 1. The van der Waals surface area contributed by atoms with E-state index < -0.39 is 0 Å². The lowest BCUT2D eigenvalue weighted by molar-refractivity contribution is -0.108. The molecule has 0 rings (SSSR count). The summed E-state index contributed by atoms with van der Waals surface area (Å²) in [6.07, 6.45) is 3.25. The quantitative estimate of drug-likeness (QED) is 0.632. The van der Waals surface area contributed by atoms with E-state index in [0.29, 0.717) is 18.9 Å². The first-order chi connectivity index (χ1) is 6.63. The van der Waals surface area contributed by atoms with E-state index >= 15 is 0 Å². The zero-order valence-electron chi connectivity index (χ0n) is 9.17. The topological polar surface area (TPSA) is 46.2 Å². The average molecular weight is 197 g/mol. The van der Waals surface area contributed by atoms with Gasteiger partial charge in [0.05, 0.1) is 6.54 Å². The Labute approximate surface area is 85.6 Å². The SMILES string of the molecule is C/C(NCC=O)=C(\C)C(C)CCC=O. The summed E-state index contributed by atoms with van der Waals surface area (Å²) in [5, 5.41) is 3.01. The first-order valence-corrected chi connectivity index (χ1v) is 4.92. The zero-order valence-corrected chi connectivity index (χ0v) is 9.17. The lowest BCUT2D eigenvalue weighted by atomic mass is 9.96. The van der Waals surface area contributed by atoms with Crippen LogP contribution in [0.4, 0.5) is 0 Å². The Kier molecular flexibility index (Phi) is 6.72. The van der Waals surface area contributed by atoms with Gasteiger partial charge in [-0.2, -0.15) is 0 Å². The standard InChI is InChI=1S/C11H19NO2/c1-9(5-4-7-13)10(2)11(3)12-6-8-14/h7-9,12H,4-6H2,1-3H3/b11-10-. The van der Waals surface area contributed by atoms with Gasteiger partial charge in [-0.3, -0.25) is 0 Å². The van der Waals surface area contributed by atoms with Crippen molar-refractivity contribution in [2.45, 2.75) is 33.6 Å². The van der Waals surface area contributed by atoms with E-state index in [2.05, 4.69) is 12.2 Å². The molecule has 0 saturated heterocycles. The van der Waals surface area contributed by atoms with Crippen molar-refractivity contribution in [2.75, 3.05) is 6.54 Å². The van der Waals surface area contributed by atoms with Gasteiger partial charge in [0.2, 0.25) is 0 Å². The van der Waals surface area contributed by atoms with E-state index in [1.807, 2.05) is 13.8 Å². The van der Waals surface area contributed by atoms with Crippen LogP contribution in [0.3, 0.4) is 0 Å². The largest absolute Gasteiger partial charge is 0.382 e. The summed E-state index contributed by atoms with van der Waals surface area (Å²) in [6, 6.07) is 0. The molecule has 0 aliphatic carbocycles. The van der Waals surface area contributed by atoms with Crippen LogP contribution in [-0.4, -0.2) is 19.1 Å². The Bertz CT molecular complexity index is 221. The molecule has 0 amide bonds. The molecule has 3 heteroatoms. The fraction of sp³-hybridized carbons (Fsp3) is 0.636. The summed E-state index contributed by atoms with van der Waals surface area (Å²) >= 11 is 0. The van der Waals surface area contributed by atoms with E-state index in [4.69, 9.17) is 0 Å². The number of carbonyl (C=O) groups excluding carboxylic acids is 2. The van der Waals surface area contributed by atoms with E-state index in [-0.39, 0.29) is 0 Å². The second-order valence-corrected chi connectivity index (χ2v) is 3.50. The number of carbonyl (C=O) groups is 2. The number of rotatable bonds is 7. The van der Waals surface area contributed by atoms with Crippen molar-refractivity contribution < 1.29 is 9.59 Å². The minimum absolute atomic E-state index is 0.351. The Morgan fingerprint density at radius 1 is 1.29 bits per heavy atom. The Morgan fingerprint density at radius 3 is 2.43 bits per heavy atom. The van der Waals surface area contributed by atoms with Crippen molar-refractivity contribution in [2.24, 2.45) is 5.92 Å². The van der Waals surface area contributed by atoms with Gasteiger partial charge in [0.15, 0.2) is 0 Å². The smallest absolute Gasteiger partial charge is 0.139 e. The number of hydrogen-bond acceptors (Lipinski definition) is 3. The molecular weight excluding hydrogens is 178 g/mol. The van der Waals surface area contributed by atoms with E-state index in [9.17, 15) is 9.59 Å². The van der Waals surface area contributed by atoms with Gasteiger partial charge in [0.1, 0.15) is 12.6 Å². The minimum Gasteiger partial charge on any atom is -0.382 e. The van der Waals surface area contributed by atoms with Crippen molar-refractivity contribution >= 4 is 12.6 Å². The molecule has 80 valence electrons. The third-order valence-electron chi connectivity index (χ3n) is 2.50. The van der Waals surface area contributed by atoms with Crippen LogP contribution in [0, 0.1) is 5.92 Å². The molecule has 0 saturated carbocycles. The fourth-order valence-electron chi connectivity index (χ4n) is 1.24. The average Bonchev–Trinajstić information content (AvgIpc) is 2.21. The van der Waals surface area contributed by atoms with Gasteiger partial charge >= 0.3 is 0 Å². The minimum atomic E-state index is 0.351. The molecular formula is C11H19NO2. The highest BCUT2D eigenvalue weighted by Gasteiger charge is 2.06. The van der Waals surface area contributed by atoms with Crippen molar-refractivity contribution in [1.82, 2.24) is 5.32 Å². The van der Waals surface area contributed by atoms with Crippen LogP contribution < -0.4 is 5.32 Å². The summed E-state index contributed by atoms with van der Waals surface area (Å²) < 4.78 is 0. The lowest BCUT2D eigenvalue weighted by Crippen LogP contribution is -2.16. The van der Waals surface area contributed by atoms with Crippen LogP contribution in [-0.2, 0) is 9.59 Å². The molecule has 0 aromatic rings. The molecule has 0 aliphatic heterocycles. The normalized spacial score (nSPS) is 14.2. The van der Waals surface area contributed by atoms with Crippen LogP contribution >= 0.6 is 0 Å². The fourth-order valence-corrected chi connectivity index (χ4v) is 1.24. The lowest BCUT2D eigenvalue weighted by Gasteiger charge is -2.14. The molecule has 0 heterocycles. The molecule has 0 spiro atoms. The first kappa shape index (κ1) is 12.9. The molecule has 1 atom stereocenters. The van der Waals surface area contributed by atoms with E-state index in [1.165, 1.54) is 5.57 Å². The van der Waals surface area contributed by atoms with Gasteiger partial charge in [-0.15, -0.1) is 0 Å².